The Bertz CT molecular complexity index is 1150. The minimum Gasteiger partial charge on any atom is -0.492 e. The van der Waals surface area contributed by atoms with E-state index in [9.17, 15) is 13.2 Å². The number of thioether (sulfide) groups is 1. The van der Waals surface area contributed by atoms with Crippen molar-refractivity contribution in [3.05, 3.63) is 72.8 Å². The molecule has 0 bridgehead atoms. The number of nitrogens with zero attached hydrogens (tertiary/aromatic N) is 1. The summed E-state index contributed by atoms with van der Waals surface area (Å²) in [6.07, 6.45) is 0.573. The third-order valence-electron chi connectivity index (χ3n) is 5.17. The van der Waals surface area contributed by atoms with E-state index in [1.54, 1.807) is 12.1 Å². The Kier molecular flexibility index (Phi) is 6.13. The van der Waals surface area contributed by atoms with E-state index in [-0.39, 0.29) is 27.9 Å². The molecule has 156 valence electrons. The first-order valence-electron chi connectivity index (χ1n) is 9.79. The van der Waals surface area contributed by atoms with Gasteiger partial charge in [-0.1, -0.05) is 60.3 Å². The highest BCUT2D eigenvalue weighted by molar-refractivity contribution is 8.14. The number of sulfonamides is 1. The summed E-state index contributed by atoms with van der Waals surface area (Å²) < 4.78 is 34.4. The van der Waals surface area contributed by atoms with E-state index in [0.29, 0.717) is 18.7 Å². The zero-order valence-electron chi connectivity index (χ0n) is 16.6. The molecule has 1 aliphatic rings. The van der Waals surface area contributed by atoms with Gasteiger partial charge in [0.25, 0.3) is 0 Å². The molecule has 0 spiro atoms. The van der Waals surface area contributed by atoms with Crippen molar-refractivity contribution < 1.29 is 17.9 Å². The van der Waals surface area contributed by atoms with E-state index in [0.717, 1.165) is 10.8 Å². The van der Waals surface area contributed by atoms with Crippen LogP contribution in [0.3, 0.4) is 0 Å². The molecule has 1 fully saturated rings. The molecule has 1 saturated heterocycles. The van der Waals surface area contributed by atoms with Crippen LogP contribution in [0.2, 0.25) is 0 Å². The summed E-state index contributed by atoms with van der Waals surface area (Å²) in [6, 6.07) is 21.9. The van der Waals surface area contributed by atoms with Crippen molar-refractivity contribution in [1.29, 1.82) is 0 Å². The average Bonchev–Trinajstić information content (AvgIpc) is 3.15. The van der Waals surface area contributed by atoms with Gasteiger partial charge in [0.2, 0.25) is 10.0 Å². The predicted molar refractivity (Wildman–Crippen MR) is 120 cm³/mol. The predicted octanol–water partition coefficient (Wildman–Crippen LogP) is 4.33. The van der Waals surface area contributed by atoms with Gasteiger partial charge in [0.05, 0.1) is 10.9 Å². The molecule has 5 nitrogen and oxygen atoms in total. The lowest BCUT2D eigenvalue weighted by molar-refractivity contribution is -0.109. The molecule has 1 aliphatic heterocycles. The standard InChI is InChI=1S/C23H23NO4S2/c1-17(25)29-22-14-20(16-28-21-9-3-2-4-10-21)24(15-22)30(26,27)23-12-11-18-7-5-6-8-19(18)13-23/h2-13,20,22H,14-16H2,1H3/t20-,22+/m0/s1. The first kappa shape index (κ1) is 20.9. The summed E-state index contributed by atoms with van der Waals surface area (Å²) in [4.78, 5) is 11.9. The Morgan fingerprint density at radius 1 is 1.03 bits per heavy atom. The van der Waals surface area contributed by atoms with Gasteiger partial charge in [-0.15, -0.1) is 0 Å². The normalized spacial score (nSPS) is 19.8. The topological polar surface area (TPSA) is 63.7 Å². The highest BCUT2D eigenvalue weighted by atomic mass is 32.2. The van der Waals surface area contributed by atoms with Crippen LogP contribution in [0.4, 0.5) is 0 Å². The summed E-state index contributed by atoms with van der Waals surface area (Å²) >= 11 is 1.20. The smallest absolute Gasteiger partial charge is 0.243 e. The highest BCUT2D eigenvalue weighted by Crippen LogP contribution is 2.33. The molecule has 3 aromatic carbocycles. The quantitative estimate of drug-likeness (QED) is 0.570. The zero-order valence-corrected chi connectivity index (χ0v) is 18.2. The molecule has 3 aromatic rings. The summed E-state index contributed by atoms with van der Waals surface area (Å²) in [7, 11) is -3.72. The van der Waals surface area contributed by atoms with E-state index in [1.807, 2.05) is 60.7 Å². The van der Waals surface area contributed by atoms with Gasteiger partial charge in [-0.3, -0.25) is 4.79 Å². The Hall–Kier alpha value is -2.35. The molecule has 30 heavy (non-hydrogen) atoms. The monoisotopic (exact) mass is 441 g/mol. The second-order valence-electron chi connectivity index (χ2n) is 7.33. The molecule has 4 rings (SSSR count). The molecule has 0 radical (unpaired) electrons. The fourth-order valence-electron chi connectivity index (χ4n) is 3.78. The highest BCUT2D eigenvalue weighted by Gasteiger charge is 2.41. The van der Waals surface area contributed by atoms with Crippen LogP contribution in [0.15, 0.2) is 77.7 Å². The van der Waals surface area contributed by atoms with Gasteiger partial charge in [-0.25, -0.2) is 8.42 Å². The first-order chi connectivity index (χ1) is 14.4. The molecular formula is C23H23NO4S2. The van der Waals surface area contributed by atoms with Gasteiger partial charge < -0.3 is 4.74 Å². The lowest BCUT2D eigenvalue weighted by atomic mass is 10.1. The Morgan fingerprint density at radius 3 is 2.47 bits per heavy atom. The summed E-state index contributed by atoms with van der Waals surface area (Å²) in [5.74, 6) is 0.697. The van der Waals surface area contributed by atoms with Crippen LogP contribution in [0.5, 0.6) is 5.75 Å². The van der Waals surface area contributed by atoms with Crippen molar-refractivity contribution in [2.45, 2.75) is 29.5 Å². The number of hydrogen-bond acceptors (Lipinski definition) is 5. The molecule has 0 saturated carbocycles. The third-order valence-corrected chi connectivity index (χ3v) is 8.09. The van der Waals surface area contributed by atoms with Crippen molar-refractivity contribution in [3.8, 4) is 5.75 Å². The number of benzene rings is 3. The first-order valence-corrected chi connectivity index (χ1v) is 12.1. The van der Waals surface area contributed by atoms with Gasteiger partial charge in [-0.05, 0) is 41.5 Å². The largest absolute Gasteiger partial charge is 0.492 e. The van der Waals surface area contributed by atoms with Crippen LogP contribution in [-0.4, -0.2) is 42.3 Å². The van der Waals surface area contributed by atoms with Crippen LogP contribution in [0.1, 0.15) is 13.3 Å². The van der Waals surface area contributed by atoms with E-state index in [2.05, 4.69) is 0 Å². The van der Waals surface area contributed by atoms with Crippen molar-refractivity contribution in [2.24, 2.45) is 0 Å². The van der Waals surface area contributed by atoms with E-state index >= 15 is 0 Å². The molecule has 2 atom stereocenters. The second kappa shape index (κ2) is 8.79. The van der Waals surface area contributed by atoms with Crippen LogP contribution >= 0.6 is 11.8 Å². The summed E-state index contributed by atoms with van der Waals surface area (Å²) in [5.41, 5.74) is 0. The number of hydrogen-bond donors (Lipinski definition) is 0. The number of ether oxygens (including phenoxy) is 1. The minimum absolute atomic E-state index is 0.00678. The van der Waals surface area contributed by atoms with Gasteiger partial charge in [0.15, 0.2) is 5.12 Å². The lowest BCUT2D eigenvalue weighted by Gasteiger charge is -2.24. The molecule has 1 heterocycles. The SMILES string of the molecule is CC(=O)S[C@@H]1C[C@@H](COc2ccccc2)N(S(=O)(=O)c2ccc3ccccc3c2)C1. The average molecular weight is 442 g/mol. The Morgan fingerprint density at radius 2 is 1.73 bits per heavy atom. The second-order valence-corrected chi connectivity index (χ2v) is 10.7. The minimum atomic E-state index is -3.72. The van der Waals surface area contributed by atoms with Crippen molar-refractivity contribution >= 4 is 37.7 Å². The maximum Gasteiger partial charge on any atom is 0.243 e. The van der Waals surface area contributed by atoms with Gasteiger partial charge in [0.1, 0.15) is 12.4 Å². The van der Waals surface area contributed by atoms with Crippen molar-refractivity contribution in [3.63, 3.8) is 0 Å². The van der Waals surface area contributed by atoms with E-state index in [1.165, 1.54) is 23.0 Å². The number of para-hydroxylation sites is 1. The van der Waals surface area contributed by atoms with Gasteiger partial charge in [-0.2, -0.15) is 4.31 Å². The zero-order chi connectivity index (χ0) is 21.1. The maximum absolute atomic E-state index is 13.5. The Labute approximate surface area is 181 Å². The van der Waals surface area contributed by atoms with Gasteiger partial charge in [0, 0.05) is 18.7 Å². The summed E-state index contributed by atoms with van der Waals surface area (Å²) in [6.45, 7) is 2.05. The number of carbonyl (C=O) groups is 1. The van der Waals surface area contributed by atoms with E-state index in [4.69, 9.17) is 4.74 Å². The molecule has 0 aliphatic carbocycles. The number of carbonyl (C=O) groups excluding carboxylic acids is 1. The fraction of sp³-hybridized carbons (Fsp3) is 0.261. The lowest BCUT2D eigenvalue weighted by Crippen LogP contribution is -2.39. The van der Waals surface area contributed by atoms with Crippen LogP contribution < -0.4 is 4.74 Å². The maximum atomic E-state index is 13.5. The molecule has 0 N–H and O–H groups in total. The van der Waals surface area contributed by atoms with Crippen LogP contribution in [0, 0.1) is 0 Å². The number of fused-ring (bicyclic) bond motifs is 1. The van der Waals surface area contributed by atoms with Crippen LogP contribution in [0.25, 0.3) is 10.8 Å². The Balaban J connectivity index is 1.61. The third kappa shape index (κ3) is 4.53. The molecule has 0 amide bonds. The molecule has 0 unspecified atom stereocenters. The molecule has 7 heteroatoms. The summed E-state index contributed by atoms with van der Waals surface area (Å²) in [5, 5.41) is 1.78. The van der Waals surface area contributed by atoms with Gasteiger partial charge >= 0.3 is 0 Å². The van der Waals surface area contributed by atoms with Crippen LogP contribution in [-0.2, 0) is 14.8 Å². The molecular weight excluding hydrogens is 418 g/mol. The fourth-order valence-corrected chi connectivity index (χ4v) is 6.60. The molecule has 0 aromatic heterocycles. The van der Waals surface area contributed by atoms with Crippen molar-refractivity contribution in [2.75, 3.05) is 13.2 Å². The van der Waals surface area contributed by atoms with E-state index < -0.39 is 10.0 Å². The number of rotatable bonds is 6. The van der Waals surface area contributed by atoms with Crippen molar-refractivity contribution in [1.82, 2.24) is 4.31 Å².